The molecule has 5 aromatic heterocycles. The Morgan fingerprint density at radius 3 is 0.899 bits per heavy atom. The quantitative estimate of drug-likeness (QED) is 0.0134. The number of methoxy groups -OCH3 is 2. The van der Waals surface area contributed by atoms with Gasteiger partial charge in [-0.2, -0.15) is 0 Å². The van der Waals surface area contributed by atoms with E-state index in [1.807, 2.05) is 168 Å². The van der Waals surface area contributed by atoms with Crippen LogP contribution in [-0.4, -0.2) is 212 Å². The molecule has 0 unspecified atom stereocenters. The van der Waals surface area contributed by atoms with E-state index in [2.05, 4.69) is 208 Å². The number of likely N-dealkylation sites (tertiary alicyclic amines) is 2. The van der Waals surface area contributed by atoms with Crippen LogP contribution >= 0.6 is 0 Å². The predicted octanol–water partition coefficient (Wildman–Crippen LogP) is 19.5. The number of aryl methyl sites for hydroxylation is 5. The number of esters is 1. The summed E-state index contributed by atoms with van der Waals surface area (Å²) in [5, 5.41) is 27.2. The van der Waals surface area contributed by atoms with Crippen LogP contribution in [0.2, 0.25) is 0 Å². The predicted molar refractivity (Wildman–Crippen MR) is 580 cm³/mol. The Kier molecular flexibility index (Phi) is 40.0. The summed E-state index contributed by atoms with van der Waals surface area (Å²) in [5.41, 5.74) is 22.5. The van der Waals surface area contributed by atoms with Crippen molar-refractivity contribution in [2.24, 2.45) is 0 Å². The molecule has 3 aliphatic rings. The Morgan fingerprint density at radius 2 is 0.608 bits per heavy atom. The minimum Gasteiger partial charge on any atom is -0.468 e. The van der Waals surface area contributed by atoms with E-state index in [0.29, 0.717) is 91.2 Å². The molecule has 32 heteroatoms. The summed E-state index contributed by atoms with van der Waals surface area (Å²) in [6.07, 6.45) is 16.1. The topological polar surface area (TPSA) is 394 Å². The molecule has 0 aliphatic carbocycles. The van der Waals surface area contributed by atoms with Crippen LogP contribution in [0.15, 0.2) is 304 Å². The number of hydrogen-bond donors (Lipinski definition) is 9. The maximum absolute atomic E-state index is 12.6. The summed E-state index contributed by atoms with van der Waals surface area (Å²) in [5.74, 6) is 1.71. The van der Waals surface area contributed by atoms with Gasteiger partial charge in [-0.05, 0) is 238 Å². The van der Waals surface area contributed by atoms with Crippen molar-refractivity contribution in [3.05, 3.63) is 360 Å². The largest absolute Gasteiger partial charge is 0.468 e. The lowest BCUT2D eigenvalue weighted by Gasteiger charge is -2.26. The van der Waals surface area contributed by atoms with Gasteiger partial charge in [0.15, 0.2) is 0 Å². The number of nitrogens with zero attached hydrogens (tertiary/aromatic N) is 13. The lowest BCUT2D eigenvalue weighted by atomic mass is 10.1. The van der Waals surface area contributed by atoms with Gasteiger partial charge >= 0.3 is 5.97 Å². The van der Waals surface area contributed by atoms with Crippen LogP contribution in [0.5, 0.6) is 0 Å². The first kappa shape index (κ1) is 107. The fraction of sp³-hybridized carbons (Fsp3) is 0.250. The number of ether oxygens (including phenoxy) is 3. The fourth-order valence-corrected chi connectivity index (χ4v) is 15.8. The molecule has 758 valence electrons. The van der Waals surface area contributed by atoms with Gasteiger partial charge in [-0.1, -0.05) is 149 Å². The Bertz CT molecular complexity index is 6830. The van der Waals surface area contributed by atoms with Crippen molar-refractivity contribution in [3.8, 4) is 56.3 Å². The van der Waals surface area contributed by atoms with Crippen LogP contribution < -0.4 is 47.9 Å². The Labute approximate surface area is 862 Å². The number of piperidine rings is 1. The first-order chi connectivity index (χ1) is 72.1. The summed E-state index contributed by atoms with van der Waals surface area (Å²) < 4.78 is 14.8. The van der Waals surface area contributed by atoms with Crippen molar-refractivity contribution < 1.29 is 47.8 Å². The first-order valence-electron chi connectivity index (χ1n) is 49.6. The van der Waals surface area contributed by atoms with E-state index in [9.17, 15) is 33.6 Å². The average Bonchev–Trinajstić information content (AvgIpc) is 1.62. The SMILES string of the molecule is COC(=O)CNC(=O)c1ccc(Nc2nccc(-c3ccc(C)cc3)n2)cc1.COCCCNC(=O)c1ccc(Nc2nccc(-c3ccc(C)cc3)n2)cc1.Cc1ccc(-c2ccnc(Nc3ccc(C(=O)N4CCCCC4)cc3)n2)cc1.Cc1ccc(-c2ccnc(Nc3ccc(C(=O)NCCCN4CCCC4=O)cc3)n2)cc1.Cc1ccc(-c2ccnc(Nc3ccc(C(=O)NCCCN4CCOCC4)cc3)n2)cc1. The summed E-state index contributed by atoms with van der Waals surface area (Å²) >= 11 is 0. The fourth-order valence-electron chi connectivity index (χ4n) is 15.8. The molecule has 3 aliphatic heterocycles. The molecule has 9 N–H and O–H groups in total. The molecule has 0 atom stereocenters. The van der Waals surface area contributed by atoms with Gasteiger partial charge in [-0.3, -0.25) is 38.5 Å². The summed E-state index contributed by atoms with van der Waals surface area (Å²) in [7, 11) is 2.92. The van der Waals surface area contributed by atoms with Gasteiger partial charge in [0.1, 0.15) is 6.54 Å². The van der Waals surface area contributed by atoms with E-state index in [0.717, 1.165) is 181 Å². The zero-order valence-electron chi connectivity index (χ0n) is 84.3. The highest BCUT2D eigenvalue weighted by Crippen LogP contribution is 2.29. The van der Waals surface area contributed by atoms with E-state index in [4.69, 9.17) is 9.47 Å². The molecule has 0 radical (unpaired) electrons. The normalized spacial score (nSPS) is 12.5. The number of carbonyl (C=O) groups is 7. The number of aromatic nitrogens is 10. The third-order valence-electron chi connectivity index (χ3n) is 24.2. The molecule has 32 nitrogen and oxygen atoms in total. The van der Waals surface area contributed by atoms with Crippen molar-refractivity contribution in [3.63, 3.8) is 0 Å². The number of rotatable bonds is 34. The molecule has 6 amide bonds. The molecule has 3 fully saturated rings. The molecular weight excluding hydrogens is 1860 g/mol. The smallest absolute Gasteiger partial charge is 0.325 e. The lowest BCUT2D eigenvalue weighted by Crippen LogP contribution is -2.38. The summed E-state index contributed by atoms with van der Waals surface area (Å²) in [4.78, 5) is 135. The molecular formula is C116H124N22O10. The second kappa shape index (κ2) is 55.6. The highest BCUT2D eigenvalue weighted by atomic mass is 16.5. The molecule has 10 aromatic carbocycles. The van der Waals surface area contributed by atoms with Gasteiger partial charge in [0, 0.05) is 194 Å². The van der Waals surface area contributed by atoms with Crippen molar-refractivity contribution in [2.75, 3.05) is 133 Å². The van der Waals surface area contributed by atoms with Gasteiger partial charge < -0.3 is 71.9 Å². The highest BCUT2D eigenvalue weighted by molar-refractivity contribution is 5.98. The number of hydrogen-bond acceptors (Lipinski definition) is 26. The number of carbonyl (C=O) groups excluding carboxylic acids is 7. The third kappa shape index (κ3) is 33.7. The molecule has 0 spiro atoms. The Hall–Kier alpha value is -17.2. The second-order valence-electron chi connectivity index (χ2n) is 35.5. The summed E-state index contributed by atoms with van der Waals surface area (Å²) in [6, 6.07) is 86.5. The number of benzene rings is 10. The van der Waals surface area contributed by atoms with Crippen molar-refractivity contribution in [1.82, 2.24) is 85.8 Å². The number of morpholine rings is 1. The monoisotopic (exact) mass is 1980 g/mol. The third-order valence-corrected chi connectivity index (χ3v) is 24.2. The van der Waals surface area contributed by atoms with E-state index in [-0.39, 0.29) is 42.0 Å². The average molecular weight is 1990 g/mol. The molecule has 3 saturated heterocycles. The van der Waals surface area contributed by atoms with Gasteiger partial charge in [-0.15, -0.1) is 0 Å². The minimum absolute atomic E-state index is 0.0591. The first-order valence-corrected chi connectivity index (χ1v) is 49.6. The standard InChI is InChI=1S/C25H29N5O2.C25H27N5O2.C23H24N4O.C22H24N4O2.C21H20N4O3/c1-19-3-5-20(6-4-19)23-11-13-27-25(29-23)28-22-9-7-21(8-10-22)24(31)26-12-2-14-30-15-17-32-18-16-30;1-18-5-7-19(8-6-18)22-13-15-27-25(29-22)28-21-11-9-20(10-12-21)24(32)26-14-3-17-30-16-2-4-23(30)31;1-17-5-7-18(8-6-17)21-13-14-24-23(26-21)25-20-11-9-19(10-12-20)22(28)27-15-3-2-4-16-27;1-16-4-6-17(7-5-16)20-12-14-24-22(26-20)25-19-10-8-18(9-11-19)21(27)23-13-3-15-28-2;1-14-3-5-15(6-4-14)18-11-12-22-21(25-18)24-17-9-7-16(8-10-17)20(27)23-13-19(26)28-2/h3-11,13H,2,12,14-18H2,1H3,(H,26,31)(H,27,28,29);5-13,15H,2-4,14,16-17H2,1H3,(H,26,32)(H,27,28,29);5-14H,2-4,15-16H2,1H3,(H,24,25,26);4-12,14H,3,13,15H2,1-2H3,(H,23,27)(H,24,25,26);3-12H,13H2,1-2H3,(H,23,27)(H,22,24,25). The van der Waals surface area contributed by atoms with Crippen LogP contribution in [0, 0.1) is 34.6 Å². The van der Waals surface area contributed by atoms with Crippen LogP contribution in [0.25, 0.3) is 56.3 Å². The lowest BCUT2D eigenvalue weighted by molar-refractivity contribution is -0.139. The Morgan fingerprint density at radius 1 is 0.318 bits per heavy atom. The van der Waals surface area contributed by atoms with Crippen molar-refractivity contribution in [2.45, 2.75) is 86.0 Å². The maximum atomic E-state index is 12.6. The van der Waals surface area contributed by atoms with Crippen LogP contribution in [0.4, 0.5) is 58.2 Å². The molecule has 8 heterocycles. The van der Waals surface area contributed by atoms with Crippen LogP contribution in [0.1, 0.15) is 131 Å². The van der Waals surface area contributed by atoms with Gasteiger partial charge in [0.2, 0.25) is 35.6 Å². The van der Waals surface area contributed by atoms with E-state index in [1.165, 1.54) is 41.3 Å². The van der Waals surface area contributed by atoms with Gasteiger partial charge in [0.25, 0.3) is 29.5 Å². The second-order valence-corrected chi connectivity index (χ2v) is 35.5. The van der Waals surface area contributed by atoms with E-state index < -0.39 is 5.97 Å². The van der Waals surface area contributed by atoms with Crippen LogP contribution in [-0.2, 0) is 23.8 Å². The van der Waals surface area contributed by atoms with Gasteiger partial charge in [-0.25, -0.2) is 49.8 Å². The molecule has 15 aromatic rings. The van der Waals surface area contributed by atoms with E-state index >= 15 is 0 Å². The van der Waals surface area contributed by atoms with Crippen LogP contribution in [0.3, 0.4) is 0 Å². The maximum Gasteiger partial charge on any atom is 0.325 e. The Balaban J connectivity index is 0.000000146. The molecule has 18 rings (SSSR count). The number of nitrogens with one attached hydrogen (secondary N) is 9. The highest BCUT2D eigenvalue weighted by Gasteiger charge is 2.23. The molecule has 148 heavy (non-hydrogen) atoms. The zero-order chi connectivity index (χ0) is 104. The summed E-state index contributed by atoms with van der Waals surface area (Å²) in [6.45, 7) is 20.3. The van der Waals surface area contributed by atoms with Crippen molar-refractivity contribution in [1.29, 1.82) is 0 Å². The molecule has 0 saturated carbocycles. The molecule has 0 bridgehead atoms. The zero-order valence-corrected chi connectivity index (χ0v) is 84.3. The number of anilines is 10. The van der Waals surface area contributed by atoms with Crippen molar-refractivity contribution >= 4 is 99.6 Å². The van der Waals surface area contributed by atoms with Gasteiger partial charge in [0.05, 0.1) is 48.8 Å². The minimum atomic E-state index is -0.503. The number of amides is 6. The van der Waals surface area contributed by atoms with E-state index in [1.54, 1.807) is 86.6 Å².